The van der Waals surface area contributed by atoms with Crippen LogP contribution < -0.4 is 5.32 Å². The minimum Gasteiger partial charge on any atom is -0.381 e. The Morgan fingerprint density at radius 3 is 2.42 bits per heavy atom. The van der Waals surface area contributed by atoms with Crippen LogP contribution >= 0.6 is 27.5 Å². The van der Waals surface area contributed by atoms with E-state index >= 15 is 0 Å². The largest absolute Gasteiger partial charge is 0.391 e. The van der Waals surface area contributed by atoms with Crippen molar-refractivity contribution in [2.24, 2.45) is 0 Å². The van der Waals surface area contributed by atoms with E-state index in [9.17, 15) is 18.0 Å². The molecule has 0 heterocycles. The highest BCUT2D eigenvalue weighted by molar-refractivity contribution is 9.09. The number of carbonyl (C=O) groups is 1. The summed E-state index contributed by atoms with van der Waals surface area (Å²) in [7, 11) is 0. The maximum absolute atomic E-state index is 12.6. The van der Waals surface area contributed by atoms with E-state index in [0.717, 1.165) is 0 Å². The van der Waals surface area contributed by atoms with Crippen LogP contribution in [0.15, 0.2) is 48.5 Å². The zero-order valence-corrected chi connectivity index (χ0v) is 14.8. The van der Waals surface area contributed by atoms with Gasteiger partial charge in [-0.1, -0.05) is 57.9 Å². The molecule has 1 atom stereocenters. The first-order chi connectivity index (χ1) is 11.3. The van der Waals surface area contributed by atoms with E-state index in [-0.39, 0.29) is 16.7 Å². The third-order valence-corrected chi connectivity index (χ3v) is 4.30. The number of carbonyl (C=O) groups excluding carboxylic acids is 1. The van der Waals surface area contributed by atoms with Gasteiger partial charge in [0.2, 0.25) is 0 Å². The molecule has 24 heavy (non-hydrogen) atoms. The molecule has 0 radical (unpaired) electrons. The number of alkyl halides is 4. The molecule has 2 aromatic carbocycles. The van der Waals surface area contributed by atoms with Gasteiger partial charge in [0.25, 0.3) is 0 Å². The van der Waals surface area contributed by atoms with Gasteiger partial charge in [0.1, 0.15) is 0 Å². The second kappa shape index (κ2) is 8.03. The van der Waals surface area contributed by atoms with Crippen LogP contribution in [0.5, 0.6) is 0 Å². The molecule has 0 aromatic heterocycles. The van der Waals surface area contributed by atoms with Crippen LogP contribution in [0.4, 0.5) is 18.9 Å². The fourth-order valence-corrected chi connectivity index (χ4v) is 2.78. The van der Waals surface area contributed by atoms with Crippen LogP contribution in [0.3, 0.4) is 0 Å². The first-order valence-corrected chi connectivity index (χ1v) is 8.58. The Morgan fingerprint density at radius 2 is 1.83 bits per heavy atom. The minimum atomic E-state index is -4.30. The molecule has 7 heteroatoms. The van der Waals surface area contributed by atoms with Crippen LogP contribution in [-0.2, 0) is 0 Å². The van der Waals surface area contributed by atoms with Crippen LogP contribution in [0.25, 0.3) is 0 Å². The lowest BCUT2D eigenvalue weighted by atomic mass is 10.0. The SMILES string of the molecule is O=C(c1ccccc1)c1cc(Cl)ccc1NC(CBr)CC(F)(F)F. The first kappa shape index (κ1) is 18.8. The number of anilines is 1. The summed E-state index contributed by atoms with van der Waals surface area (Å²) < 4.78 is 37.9. The Labute approximate surface area is 151 Å². The average molecular weight is 421 g/mol. The molecule has 0 saturated carbocycles. The molecule has 0 saturated heterocycles. The van der Waals surface area contributed by atoms with Crippen molar-refractivity contribution in [3.63, 3.8) is 0 Å². The van der Waals surface area contributed by atoms with Crippen molar-refractivity contribution in [3.8, 4) is 0 Å². The Hall–Kier alpha value is -1.53. The fraction of sp³-hybridized carbons (Fsp3) is 0.235. The number of ketones is 1. The summed E-state index contributed by atoms with van der Waals surface area (Å²) >= 11 is 9.03. The zero-order chi connectivity index (χ0) is 17.7. The summed E-state index contributed by atoms with van der Waals surface area (Å²) in [4.78, 5) is 12.6. The normalized spacial score (nSPS) is 12.7. The summed E-state index contributed by atoms with van der Waals surface area (Å²) in [6.07, 6.45) is -5.32. The van der Waals surface area contributed by atoms with Crippen molar-refractivity contribution in [1.29, 1.82) is 0 Å². The van der Waals surface area contributed by atoms with Gasteiger partial charge in [0.15, 0.2) is 5.78 Å². The first-order valence-electron chi connectivity index (χ1n) is 7.08. The van der Waals surface area contributed by atoms with Gasteiger partial charge >= 0.3 is 6.18 Å². The number of halogens is 5. The van der Waals surface area contributed by atoms with Gasteiger partial charge in [-0.2, -0.15) is 13.2 Å². The number of hydrogen-bond acceptors (Lipinski definition) is 2. The van der Waals surface area contributed by atoms with Crippen molar-refractivity contribution >= 4 is 39.0 Å². The van der Waals surface area contributed by atoms with Crippen molar-refractivity contribution in [1.82, 2.24) is 0 Å². The van der Waals surface area contributed by atoms with Crippen LogP contribution in [0.1, 0.15) is 22.3 Å². The molecule has 2 rings (SSSR count). The van der Waals surface area contributed by atoms with Crippen molar-refractivity contribution in [2.75, 3.05) is 10.6 Å². The van der Waals surface area contributed by atoms with E-state index in [2.05, 4.69) is 21.2 Å². The van der Waals surface area contributed by atoms with Gasteiger partial charge in [0, 0.05) is 33.2 Å². The van der Waals surface area contributed by atoms with Crippen molar-refractivity contribution in [2.45, 2.75) is 18.6 Å². The highest BCUT2D eigenvalue weighted by Crippen LogP contribution is 2.28. The molecule has 0 aliphatic heterocycles. The predicted octanol–water partition coefficient (Wildman–Crippen LogP) is 5.70. The Bertz CT molecular complexity index is 707. The molecule has 0 aliphatic rings. The smallest absolute Gasteiger partial charge is 0.381 e. The monoisotopic (exact) mass is 419 g/mol. The highest BCUT2D eigenvalue weighted by atomic mass is 79.9. The number of nitrogens with one attached hydrogen (secondary N) is 1. The van der Waals surface area contributed by atoms with E-state index in [0.29, 0.717) is 16.3 Å². The molecule has 1 N–H and O–H groups in total. The summed E-state index contributed by atoms with van der Waals surface area (Å²) in [5.74, 6) is -0.305. The lowest BCUT2D eigenvalue weighted by Gasteiger charge is -2.21. The number of rotatable bonds is 6. The molecule has 0 aliphatic carbocycles. The van der Waals surface area contributed by atoms with Gasteiger partial charge in [-0.15, -0.1) is 0 Å². The molecular weight excluding hydrogens is 407 g/mol. The quantitative estimate of drug-likeness (QED) is 0.480. The van der Waals surface area contributed by atoms with E-state index in [1.165, 1.54) is 18.2 Å². The maximum atomic E-state index is 12.6. The molecule has 0 spiro atoms. The second-order valence-corrected chi connectivity index (χ2v) is 6.28. The van der Waals surface area contributed by atoms with Crippen molar-refractivity contribution in [3.05, 3.63) is 64.7 Å². The van der Waals surface area contributed by atoms with Crippen LogP contribution in [0, 0.1) is 0 Å². The minimum absolute atomic E-state index is 0.0914. The summed E-state index contributed by atoms with van der Waals surface area (Å²) in [6, 6.07) is 12.1. The maximum Gasteiger partial charge on any atom is 0.391 e. The zero-order valence-electron chi connectivity index (χ0n) is 12.4. The van der Waals surface area contributed by atoms with Gasteiger partial charge in [-0.3, -0.25) is 4.79 Å². The summed E-state index contributed by atoms with van der Waals surface area (Å²) in [5.41, 5.74) is 0.998. The van der Waals surface area contributed by atoms with Gasteiger partial charge < -0.3 is 5.32 Å². The van der Waals surface area contributed by atoms with E-state index < -0.39 is 18.6 Å². The molecule has 1 unspecified atom stereocenters. The fourth-order valence-electron chi connectivity index (χ4n) is 2.22. The van der Waals surface area contributed by atoms with Crippen LogP contribution in [0.2, 0.25) is 5.02 Å². The number of benzene rings is 2. The van der Waals surface area contributed by atoms with Crippen LogP contribution in [-0.4, -0.2) is 23.3 Å². The summed E-state index contributed by atoms with van der Waals surface area (Å²) in [5, 5.41) is 3.22. The Balaban J connectivity index is 2.32. The molecule has 2 nitrogen and oxygen atoms in total. The topological polar surface area (TPSA) is 29.1 Å². The van der Waals surface area contributed by atoms with E-state index in [1.807, 2.05) is 0 Å². The second-order valence-electron chi connectivity index (χ2n) is 5.20. The van der Waals surface area contributed by atoms with Crippen molar-refractivity contribution < 1.29 is 18.0 Å². The highest BCUT2D eigenvalue weighted by Gasteiger charge is 2.32. The molecule has 0 bridgehead atoms. The van der Waals surface area contributed by atoms with Gasteiger partial charge in [-0.05, 0) is 18.2 Å². The molecule has 128 valence electrons. The Kier molecular flexibility index (Phi) is 6.29. The predicted molar refractivity (Wildman–Crippen MR) is 93.2 cm³/mol. The number of hydrogen-bond donors (Lipinski definition) is 1. The lowest BCUT2D eigenvalue weighted by Crippen LogP contribution is -2.29. The van der Waals surface area contributed by atoms with E-state index in [4.69, 9.17) is 11.6 Å². The molecule has 0 amide bonds. The third-order valence-electron chi connectivity index (χ3n) is 3.29. The van der Waals surface area contributed by atoms with Gasteiger partial charge in [-0.25, -0.2) is 0 Å². The summed E-state index contributed by atoms with van der Waals surface area (Å²) in [6.45, 7) is 0. The lowest BCUT2D eigenvalue weighted by molar-refractivity contribution is -0.135. The molecule has 0 fully saturated rings. The standard InChI is InChI=1S/C17H14BrClF3NO/c18-10-13(9-17(20,21)22)23-15-7-6-12(19)8-14(15)16(24)11-4-2-1-3-5-11/h1-8,13,23H,9-10H2. The van der Waals surface area contributed by atoms with E-state index in [1.54, 1.807) is 30.3 Å². The molecule has 2 aromatic rings. The Morgan fingerprint density at radius 1 is 1.17 bits per heavy atom. The third kappa shape index (κ3) is 5.24. The van der Waals surface area contributed by atoms with Gasteiger partial charge in [0.05, 0.1) is 6.42 Å². The average Bonchev–Trinajstić information content (AvgIpc) is 2.54. The molecular formula is C17H14BrClF3NO.